The second-order valence-corrected chi connectivity index (χ2v) is 11.8. The van der Waals surface area contributed by atoms with Crippen LogP contribution in [0.1, 0.15) is 81.9 Å². The van der Waals surface area contributed by atoms with Gasteiger partial charge in [0.05, 0.1) is 12.3 Å². The van der Waals surface area contributed by atoms with Crippen LogP contribution in [0.15, 0.2) is 53.0 Å². The van der Waals surface area contributed by atoms with Gasteiger partial charge >= 0.3 is 5.97 Å². The number of rotatable bonds is 9. The number of carbonyl (C=O) groups is 2. The molecule has 8 nitrogen and oxygen atoms in total. The molecule has 41 heavy (non-hydrogen) atoms. The van der Waals surface area contributed by atoms with Gasteiger partial charge in [-0.3, -0.25) is 4.79 Å². The monoisotopic (exact) mass is 563 g/mol. The molecular weight excluding hydrogens is 518 g/mol. The Balaban J connectivity index is 0.000000850. The molecule has 0 spiro atoms. The Morgan fingerprint density at radius 1 is 1.20 bits per heavy atom. The molecule has 1 aromatic heterocycles. The van der Waals surface area contributed by atoms with E-state index in [-0.39, 0.29) is 24.4 Å². The van der Waals surface area contributed by atoms with Crippen LogP contribution in [-0.4, -0.2) is 45.1 Å². The van der Waals surface area contributed by atoms with Gasteiger partial charge in [-0.2, -0.15) is 0 Å². The zero-order valence-electron chi connectivity index (χ0n) is 25.1. The molecule has 222 valence electrons. The van der Waals surface area contributed by atoms with Crippen LogP contribution in [0, 0.1) is 12.8 Å². The van der Waals surface area contributed by atoms with E-state index in [1.54, 1.807) is 12.2 Å². The first kappa shape index (κ1) is 31.9. The van der Waals surface area contributed by atoms with Crippen molar-refractivity contribution in [2.45, 2.75) is 91.3 Å². The van der Waals surface area contributed by atoms with Crippen LogP contribution in [0.25, 0.3) is 6.08 Å². The number of hydrogen-bond acceptors (Lipinski definition) is 6. The second-order valence-electron chi connectivity index (χ2n) is 11.8. The molecule has 1 aromatic carbocycles. The van der Waals surface area contributed by atoms with Crippen LogP contribution >= 0.6 is 0 Å². The maximum absolute atomic E-state index is 12.7. The van der Waals surface area contributed by atoms with Gasteiger partial charge in [0.25, 0.3) is 0 Å². The van der Waals surface area contributed by atoms with Crippen molar-refractivity contribution >= 4 is 18.0 Å². The molecule has 8 heteroatoms. The van der Waals surface area contributed by atoms with Crippen molar-refractivity contribution in [1.82, 2.24) is 9.88 Å². The maximum Gasteiger partial charge on any atom is 0.326 e. The molecular formula is C33H45N3O5. The fourth-order valence-corrected chi connectivity index (χ4v) is 4.83. The molecule has 1 amide bonds. The van der Waals surface area contributed by atoms with Gasteiger partial charge in [-0.1, -0.05) is 43.2 Å². The largest absolute Gasteiger partial charge is 0.493 e. The molecule has 2 aromatic rings. The van der Waals surface area contributed by atoms with Gasteiger partial charge in [-0.15, -0.1) is 0 Å². The Hall–Kier alpha value is -3.65. The Kier molecular flexibility index (Phi) is 11.5. The molecule has 1 fully saturated rings. The molecule has 0 bridgehead atoms. The SMILES string of the molecule is C/C=C/C=C/C(=O)N1Cc2cc(OCCc3nc(/C=C/C4CCCC4)oc3C)ccc2C[C@H]1C(=O)O.CC(C)(C)N. The first-order valence-corrected chi connectivity index (χ1v) is 14.5. The first-order valence-electron chi connectivity index (χ1n) is 14.5. The zero-order valence-corrected chi connectivity index (χ0v) is 25.1. The molecule has 3 N–H and O–H groups in total. The number of hydrogen-bond donors (Lipinski definition) is 2. The summed E-state index contributed by atoms with van der Waals surface area (Å²) in [7, 11) is 0. The van der Waals surface area contributed by atoms with Gasteiger partial charge in [0.15, 0.2) is 0 Å². The number of amides is 1. The summed E-state index contributed by atoms with van der Waals surface area (Å²) in [4.78, 5) is 30.5. The van der Waals surface area contributed by atoms with E-state index in [0.717, 1.165) is 22.6 Å². The molecule has 1 saturated carbocycles. The maximum atomic E-state index is 12.7. The number of fused-ring (bicyclic) bond motifs is 1. The van der Waals surface area contributed by atoms with Gasteiger partial charge < -0.3 is 24.9 Å². The summed E-state index contributed by atoms with van der Waals surface area (Å²) in [6.07, 6.45) is 16.7. The number of aromatic nitrogens is 1. The van der Waals surface area contributed by atoms with E-state index in [4.69, 9.17) is 14.9 Å². The Bertz CT molecular complexity index is 1260. The number of allylic oxidation sites excluding steroid dienone is 4. The fourth-order valence-electron chi connectivity index (χ4n) is 4.83. The van der Waals surface area contributed by atoms with E-state index in [1.807, 2.05) is 65.0 Å². The number of ether oxygens (including phenoxy) is 1. The highest BCUT2D eigenvalue weighted by atomic mass is 16.5. The minimum Gasteiger partial charge on any atom is -0.493 e. The summed E-state index contributed by atoms with van der Waals surface area (Å²) in [5.74, 6) is 1.43. The van der Waals surface area contributed by atoms with Gasteiger partial charge in [0.2, 0.25) is 11.8 Å². The second kappa shape index (κ2) is 14.8. The van der Waals surface area contributed by atoms with Crippen LogP contribution in [0.5, 0.6) is 5.75 Å². The predicted octanol–water partition coefficient (Wildman–Crippen LogP) is 6.02. The topological polar surface area (TPSA) is 119 Å². The first-order chi connectivity index (χ1) is 19.4. The smallest absolute Gasteiger partial charge is 0.326 e. The van der Waals surface area contributed by atoms with E-state index < -0.39 is 12.0 Å². The van der Waals surface area contributed by atoms with E-state index >= 15 is 0 Å². The molecule has 1 aliphatic heterocycles. The van der Waals surface area contributed by atoms with Gasteiger partial charge in [-0.25, -0.2) is 9.78 Å². The standard InChI is InChI=1S/C29H34N2O5.C4H11N/c1-3-4-5-10-28(32)31-19-23-17-24(13-12-22(23)18-26(31)29(33)34)35-16-15-25-20(2)36-27(30-25)14-11-21-8-6-7-9-21;1-4(2,3)5/h3-5,10-14,17,21,26H,6-9,15-16,18-19H2,1-2H3,(H,33,34);5H2,1-3H3/b4-3+,10-5+,14-11+;/t26-;/m0./s1. The molecule has 2 heterocycles. The Labute approximate surface area is 244 Å². The van der Waals surface area contributed by atoms with Gasteiger partial charge in [0.1, 0.15) is 17.6 Å². The third-order valence-corrected chi connectivity index (χ3v) is 6.85. The number of aliphatic carboxylic acids is 1. The number of aryl methyl sites for hydroxylation is 1. The lowest BCUT2D eigenvalue weighted by Crippen LogP contribution is -2.48. The number of carboxylic acids is 1. The lowest BCUT2D eigenvalue weighted by atomic mass is 9.93. The van der Waals surface area contributed by atoms with Crippen molar-refractivity contribution in [2.24, 2.45) is 11.7 Å². The lowest BCUT2D eigenvalue weighted by Gasteiger charge is -2.34. The van der Waals surface area contributed by atoms with Crippen LogP contribution in [0.2, 0.25) is 0 Å². The fraction of sp³-hybridized carbons (Fsp3) is 0.485. The number of nitrogens with two attached hydrogens (primary N) is 1. The Morgan fingerprint density at radius 2 is 1.90 bits per heavy atom. The number of carboxylic acid groups (broad SMARTS) is 1. The normalized spacial score (nSPS) is 17.7. The minimum absolute atomic E-state index is 0. The van der Waals surface area contributed by atoms with E-state index in [2.05, 4.69) is 11.1 Å². The summed E-state index contributed by atoms with van der Waals surface area (Å²) < 4.78 is 11.8. The zero-order chi connectivity index (χ0) is 30.0. The van der Waals surface area contributed by atoms with Crippen molar-refractivity contribution in [3.63, 3.8) is 0 Å². The highest BCUT2D eigenvalue weighted by molar-refractivity contribution is 5.92. The number of carbonyl (C=O) groups excluding carboxylic acids is 1. The summed E-state index contributed by atoms with van der Waals surface area (Å²) in [6.45, 7) is 10.3. The van der Waals surface area contributed by atoms with Crippen molar-refractivity contribution in [3.8, 4) is 5.75 Å². The van der Waals surface area contributed by atoms with Crippen molar-refractivity contribution in [3.05, 3.63) is 77.1 Å². The van der Waals surface area contributed by atoms with Crippen LogP contribution in [0.3, 0.4) is 0 Å². The molecule has 0 saturated heterocycles. The lowest BCUT2D eigenvalue weighted by molar-refractivity contribution is -0.149. The minimum atomic E-state index is -1.01. The summed E-state index contributed by atoms with van der Waals surface area (Å²) in [5.41, 5.74) is 8.05. The number of oxazole rings is 1. The molecule has 1 atom stereocenters. The predicted molar refractivity (Wildman–Crippen MR) is 161 cm³/mol. The van der Waals surface area contributed by atoms with Crippen LogP contribution in [-0.2, 0) is 29.0 Å². The van der Waals surface area contributed by atoms with E-state index in [1.165, 1.54) is 36.7 Å². The van der Waals surface area contributed by atoms with E-state index in [9.17, 15) is 14.7 Å². The quantitative estimate of drug-likeness (QED) is 0.283. The third kappa shape index (κ3) is 10.4. The van der Waals surface area contributed by atoms with Crippen molar-refractivity contribution in [1.29, 1.82) is 0 Å². The molecule has 2 aliphatic rings. The van der Waals surface area contributed by atoms with Crippen molar-refractivity contribution in [2.75, 3.05) is 6.61 Å². The highest BCUT2D eigenvalue weighted by Crippen LogP contribution is 2.28. The molecule has 4 rings (SSSR count). The Morgan fingerprint density at radius 3 is 2.56 bits per heavy atom. The third-order valence-electron chi connectivity index (χ3n) is 6.85. The highest BCUT2D eigenvalue weighted by Gasteiger charge is 2.33. The number of benzene rings is 1. The van der Waals surface area contributed by atoms with Gasteiger partial charge in [0, 0.05) is 31.0 Å². The average Bonchev–Trinajstić information content (AvgIpc) is 3.55. The van der Waals surface area contributed by atoms with E-state index in [0.29, 0.717) is 30.6 Å². The van der Waals surface area contributed by atoms with Crippen LogP contribution < -0.4 is 10.5 Å². The number of nitrogens with zero attached hydrogens (tertiary/aromatic N) is 2. The molecule has 0 radical (unpaired) electrons. The van der Waals surface area contributed by atoms with Crippen molar-refractivity contribution < 1.29 is 23.8 Å². The summed E-state index contributed by atoms with van der Waals surface area (Å²) >= 11 is 0. The summed E-state index contributed by atoms with van der Waals surface area (Å²) in [6, 6.07) is 4.76. The summed E-state index contributed by atoms with van der Waals surface area (Å²) in [5, 5.41) is 9.67. The molecule has 0 unspecified atom stereocenters. The van der Waals surface area contributed by atoms with Gasteiger partial charge in [-0.05, 0) is 82.7 Å². The average molecular weight is 564 g/mol. The molecule has 1 aliphatic carbocycles. The van der Waals surface area contributed by atoms with Crippen LogP contribution in [0.4, 0.5) is 0 Å².